The Kier molecular flexibility index (Phi) is 2.28. The number of para-hydroxylation sites is 1. The van der Waals surface area contributed by atoms with Crippen molar-refractivity contribution in [3.63, 3.8) is 0 Å². The number of pyridine rings is 1. The van der Waals surface area contributed by atoms with E-state index >= 15 is 0 Å². The first-order chi connectivity index (χ1) is 9.31. The standard InChI is InChI=1S/C16H16N2O/c1-10-16-13(12-4-2-3-5-14(12)18-16)8-15(17-10)19-9-11-6-7-11/h2-5,8,11,18H,6-7,9H2,1H3. The molecule has 1 aliphatic carbocycles. The Bertz CT molecular complexity index is 756. The highest BCUT2D eigenvalue weighted by Gasteiger charge is 2.22. The van der Waals surface area contributed by atoms with Crippen LogP contribution in [0.5, 0.6) is 5.88 Å². The number of aromatic nitrogens is 2. The fourth-order valence-electron chi connectivity index (χ4n) is 2.54. The summed E-state index contributed by atoms with van der Waals surface area (Å²) in [5, 5.41) is 2.44. The normalized spacial score (nSPS) is 15.2. The van der Waals surface area contributed by atoms with Gasteiger partial charge in [0.1, 0.15) is 0 Å². The molecule has 3 heteroatoms. The smallest absolute Gasteiger partial charge is 0.214 e. The lowest BCUT2D eigenvalue weighted by atomic mass is 10.1. The van der Waals surface area contributed by atoms with Gasteiger partial charge in [-0.05, 0) is 31.7 Å². The fourth-order valence-corrected chi connectivity index (χ4v) is 2.54. The van der Waals surface area contributed by atoms with Gasteiger partial charge >= 0.3 is 0 Å². The molecule has 3 nitrogen and oxygen atoms in total. The molecule has 1 aliphatic rings. The Balaban J connectivity index is 1.85. The van der Waals surface area contributed by atoms with Crippen LogP contribution in [0.15, 0.2) is 30.3 Å². The molecule has 0 unspecified atom stereocenters. The van der Waals surface area contributed by atoms with Crippen molar-refractivity contribution >= 4 is 21.8 Å². The van der Waals surface area contributed by atoms with Crippen LogP contribution in [0, 0.1) is 12.8 Å². The fraction of sp³-hybridized carbons (Fsp3) is 0.312. The van der Waals surface area contributed by atoms with E-state index in [0.29, 0.717) is 0 Å². The van der Waals surface area contributed by atoms with Gasteiger partial charge < -0.3 is 9.72 Å². The molecule has 0 saturated heterocycles. The highest BCUT2D eigenvalue weighted by molar-refractivity contribution is 6.08. The summed E-state index contributed by atoms with van der Waals surface area (Å²) in [6.07, 6.45) is 2.60. The SMILES string of the molecule is Cc1nc(OCC2CC2)cc2c1[nH]c1ccccc12. The summed E-state index contributed by atoms with van der Waals surface area (Å²) >= 11 is 0. The number of H-pyrrole nitrogens is 1. The maximum absolute atomic E-state index is 5.81. The molecule has 3 aromatic rings. The van der Waals surface area contributed by atoms with Crippen LogP contribution in [0.2, 0.25) is 0 Å². The lowest BCUT2D eigenvalue weighted by Gasteiger charge is -2.05. The van der Waals surface area contributed by atoms with Gasteiger partial charge in [0.25, 0.3) is 0 Å². The number of rotatable bonds is 3. The first kappa shape index (κ1) is 10.9. The Morgan fingerprint density at radius 2 is 2.11 bits per heavy atom. The van der Waals surface area contributed by atoms with Gasteiger partial charge in [-0.25, -0.2) is 4.98 Å². The van der Waals surface area contributed by atoms with Crippen molar-refractivity contribution in [2.45, 2.75) is 19.8 Å². The number of aromatic amines is 1. The molecule has 1 aromatic carbocycles. The van der Waals surface area contributed by atoms with Crippen molar-refractivity contribution in [3.05, 3.63) is 36.0 Å². The molecular weight excluding hydrogens is 236 g/mol. The lowest BCUT2D eigenvalue weighted by Crippen LogP contribution is -2.01. The topological polar surface area (TPSA) is 37.9 Å². The van der Waals surface area contributed by atoms with Crippen molar-refractivity contribution in [3.8, 4) is 5.88 Å². The second-order valence-electron chi connectivity index (χ2n) is 5.39. The van der Waals surface area contributed by atoms with E-state index in [4.69, 9.17) is 4.74 Å². The average molecular weight is 252 g/mol. The molecule has 2 heterocycles. The Hall–Kier alpha value is -2.03. The van der Waals surface area contributed by atoms with Crippen molar-refractivity contribution in [2.75, 3.05) is 6.61 Å². The summed E-state index contributed by atoms with van der Waals surface area (Å²) < 4.78 is 5.81. The number of fused-ring (bicyclic) bond motifs is 3. The largest absolute Gasteiger partial charge is 0.477 e. The van der Waals surface area contributed by atoms with Crippen molar-refractivity contribution in [1.29, 1.82) is 0 Å². The highest BCUT2D eigenvalue weighted by Crippen LogP contribution is 2.32. The quantitative estimate of drug-likeness (QED) is 0.769. The molecule has 0 spiro atoms. The summed E-state index contributed by atoms with van der Waals surface area (Å²) in [5.41, 5.74) is 3.27. The summed E-state index contributed by atoms with van der Waals surface area (Å²) in [6, 6.07) is 10.4. The zero-order valence-corrected chi connectivity index (χ0v) is 10.9. The van der Waals surface area contributed by atoms with Gasteiger partial charge in [0.2, 0.25) is 5.88 Å². The predicted octanol–water partition coefficient (Wildman–Crippen LogP) is 3.81. The second-order valence-corrected chi connectivity index (χ2v) is 5.39. The molecule has 0 bridgehead atoms. The van der Waals surface area contributed by atoms with Crippen LogP contribution in [-0.2, 0) is 0 Å². The van der Waals surface area contributed by atoms with Gasteiger partial charge in [0.15, 0.2) is 0 Å². The molecule has 0 amide bonds. The highest BCUT2D eigenvalue weighted by atomic mass is 16.5. The van der Waals surface area contributed by atoms with Crippen LogP contribution in [0.1, 0.15) is 18.5 Å². The van der Waals surface area contributed by atoms with E-state index in [0.717, 1.165) is 35.1 Å². The molecule has 1 saturated carbocycles. The van der Waals surface area contributed by atoms with Crippen LogP contribution < -0.4 is 4.74 Å². The Labute approximate surface area is 111 Å². The van der Waals surface area contributed by atoms with Crippen LogP contribution in [0.25, 0.3) is 21.8 Å². The van der Waals surface area contributed by atoms with E-state index in [1.54, 1.807) is 0 Å². The van der Waals surface area contributed by atoms with Gasteiger partial charge in [-0.2, -0.15) is 0 Å². The van der Waals surface area contributed by atoms with Crippen molar-refractivity contribution in [1.82, 2.24) is 9.97 Å². The first-order valence-corrected chi connectivity index (χ1v) is 6.82. The van der Waals surface area contributed by atoms with Crippen LogP contribution in [-0.4, -0.2) is 16.6 Å². The number of hydrogen-bond acceptors (Lipinski definition) is 2. The third kappa shape index (κ3) is 1.86. The van der Waals surface area contributed by atoms with Gasteiger partial charge in [-0.3, -0.25) is 0 Å². The van der Waals surface area contributed by atoms with Gasteiger partial charge in [-0.1, -0.05) is 18.2 Å². The third-order valence-corrected chi connectivity index (χ3v) is 3.82. The summed E-state index contributed by atoms with van der Waals surface area (Å²) in [5.74, 6) is 1.50. The monoisotopic (exact) mass is 252 g/mol. The molecule has 0 atom stereocenters. The van der Waals surface area contributed by atoms with E-state index < -0.39 is 0 Å². The number of hydrogen-bond donors (Lipinski definition) is 1. The van der Waals surface area contributed by atoms with Gasteiger partial charge in [0.05, 0.1) is 17.8 Å². The third-order valence-electron chi connectivity index (χ3n) is 3.82. The molecule has 0 radical (unpaired) electrons. The number of nitrogens with zero attached hydrogens (tertiary/aromatic N) is 1. The number of nitrogens with one attached hydrogen (secondary N) is 1. The van der Waals surface area contributed by atoms with E-state index in [9.17, 15) is 0 Å². The number of ether oxygens (including phenoxy) is 1. The predicted molar refractivity (Wildman–Crippen MR) is 76.6 cm³/mol. The average Bonchev–Trinajstić information content (AvgIpc) is 3.17. The van der Waals surface area contributed by atoms with Crippen LogP contribution in [0.3, 0.4) is 0 Å². The lowest BCUT2D eigenvalue weighted by molar-refractivity contribution is 0.288. The zero-order valence-electron chi connectivity index (χ0n) is 10.9. The molecular formula is C16H16N2O. The Morgan fingerprint density at radius 1 is 1.26 bits per heavy atom. The zero-order chi connectivity index (χ0) is 12.8. The summed E-state index contributed by atoms with van der Waals surface area (Å²) in [4.78, 5) is 7.98. The molecule has 96 valence electrons. The Morgan fingerprint density at radius 3 is 2.95 bits per heavy atom. The van der Waals surface area contributed by atoms with Gasteiger partial charge in [0, 0.05) is 22.4 Å². The van der Waals surface area contributed by atoms with Crippen molar-refractivity contribution < 1.29 is 4.74 Å². The molecule has 19 heavy (non-hydrogen) atoms. The summed E-state index contributed by atoms with van der Waals surface area (Å²) in [7, 11) is 0. The summed E-state index contributed by atoms with van der Waals surface area (Å²) in [6.45, 7) is 2.84. The van der Waals surface area contributed by atoms with E-state index in [-0.39, 0.29) is 0 Å². The molecule has 4 rings (SSSR count). The molecule has 0 aliphatic heterocycles. The van der Waals surface area contributed by atoms with Crippen molar-refractivity contribution in [2.24, 2.45) is 5.92 Å². The maximum atomic E-state index is 5.81. The van der Waals surface area contributed by atoms with Crippen LogP contribution >= 0.6 is 0 Å². The molecule has 1 fully saturated rings. The van der Waals surface area contributed by atoms with Gasteiger partial charge in [-0.15, -0.1) is 0 Å². The number of benzene rings is 1. The molecule has 2 aromatic heterocycles. The van der Waals surface area contributed by atoms with E-state index in [1.807, 2.05) is 13.0 Å². The van der Waals surface area contributed by atoms with Crippen LogP contribution in [0.4, 0.5) is 0 Å². The first-order valence-electron chi connectivity index (χ1n) is 6.82. The number of aryl methyl sites for hydroxylation is 1. The minimum absolute atomic E-state index is 0.751. The van der Waals surface area contributed by atoms with E-state index in [1.165, 1.54) is 23.6 Å². The molecule has 1 N–H and O–H groups in total. The minimum atomic E-state index is 0.751. The second kappa shape index (κ2) is 3.98. The van der Waals surface area contributed by atoms with E-state index in [2.05, 4.69) is 34.2 Å². The minimum Gasteiger partial charge on any atom is -0.477 e. The maximum Gasteiger partial charge on any atom is 0.214 e.